The summed E-state index contributed by atoms with van der Waals surface area (Å²) in [6.45, 7) is 4.11. The van der Waals surface area contributed by atoms with Crippen LogP contribution in [0.4, 0.5) is 0 Å². The molecule has 0 aromatic carbocycles. The molecular weight excluding hydrogens is 284 g/mol. The van der Waals surface area contributed by atoms with Gasteiger partial charge in [0.2, 0.25) is 0 Å². The number of aromatic nitrogens is 2. The van der Waals surface area contributed by atoms with Gasteiger partial charge in [0.15, 0.2) is 0 Å². The summed E-state index contributed by atoms with van der Waals surface area (Å²) in [5.41, 5.74) is 2.91. The van der Waals surface area contributed by atoms with E-state index in [4.69, 9.17) is 0 Å². The third kappa shape index (κ3) is 6.33. The Labute approximate surface area is 139 Å². The van der Waals surface area contributed by atoms with E-state index in [0.717, 1.165) is 42.6 Å². The first kappa shape index (κ1) is 17.4. The fraction of sp³-hybridized carbons (Fsp3) is 0.400. The van der Waals surface area contributed by atoms with Crippen molar-refractivity contribution in [2.45, 2.75) is 45.6 Å². The van der Waals surface area contributed by atoms with E-state index in [0.29, 0.717) is 5.92 Å². The van der Waals surface area contributed by atoms with E-state index >= 15 is 0 Å². The summed E-state index contributed by atoms with van der Waals surface area (Å²) in [7, 11) is 0. The summed E-state index contributed by atoms with van der Waals surface area (Å²) in [6, 6.07) is 9.92. The van der Waals surface area contributed by atoms with Gasteiger partial charge in [0.25, 0.3) is 0 Å². The van der Waals surface area contributed by atoms with Crippen LogP contribution in [0.15, 0.2) is 48.8 Å². The molecule has 2 aromatic rings. The summed E-state index contributed by atoms with van der Waals surface area (Å²) < 4.78 is 0. The molecule has 2 heterocycles. The van der Waals surface area contributed by atoms with Crippen LogP contribution >= 0.6 is 0 Å². The summed E-state index contributed by atoms with van der Waals surface area (Å²) in [6.07, 6.45) is 12.0. The Kier molecular flexibility index (Phi) is 6.95. The maximum absolute atomic E-state index is 9.27. The van der Waals surface area contributed by atoms with E-state index in [1.165, 1.54) is 0 Å². The molecule has 0 aliphatic heterocycles. The molecule has 0 fully saturated rings. The number of hydrogen-bond acceptors (Lipinski definition) is 3. The molecule has 2 atom stereocenters. The van der Waals surface area contributed by atoms with E-state index in [1.807, 2.05) is 37.4 Å². The average molecular weight is 310 g/mol. The van der Waals surface area contributed by atoms with Gasteiger partial charge in [-0.2, -0.15) is 0 Å². The number of allylic oxidation sites excluding steroid dienone is 1. The zero-order valence-electron chi connectivity index (χ0n) is 14.0. The van der Waals surface area contributed by atoms with E-state index in [2.05, 4.69) is 35.1 Å². The van der Waals surface area contributed by atoms with E-state index in [1.54, 1.807) is 6.20 Å². The van der Waals surface area contributed by atoms with Crippen molar-refractivity contribution in [1.29, 1.82) is 0 Å². The van der Waals surface area contributed by atoms with Crippen LogP contribution in [0.2, 0.25) is 0 Å². The highest BCUT2D eigenvalue weighted by molar-refractivity contribution is 5.57. The quantitative estimate of drug-likeness (QED) is 0.766. The van der Waals surface area contributed by atoms with Crippen LogP contribution in [0, 0.1) is 5.92 Å². The second-order valence-corrected chi connectivity index (χ2v) is 6.21. The summed E-state index contributed by atoms with van der Waals surface area (Å²) in [5.74, 6) is 0.644. The van der Waals surface area contributed by atoms with Gasteiger partial charge in [-0.3, -0.25) is 9.97 Å². The zero-order chi connectivity index (χ0) is 16.5. The third-order valence-corrected chi connectivity index (χ3v) is 3.88. The van der Waals surface area contributed by atoms with Crippen LogP contribution < -0.4 is 0 Å². The molecule has 2 unspecified atom stereocenters. The molecule has 0 spiro atoms. The van der Waals surface area contributed by atoms with E-state index in [9.17, 15) is 5.11 Å². The van der Waals surface area contributed by atoms with Gasteiger partial charge in [-0.05, 0) is 49.4 Å². The van der Waals surface area contributed by atoms with Gasteiger partial charge in [-0.15, -0.1) is 0 Å². The van der Waals surface area contributed by atoms with Crippen LogP contribution in [0.5, 0.6) is 0 Å². The van der Waals surface area contributed by atoms with Gasteiger partial charge in [-0.25, -0.2) is 0 Å². The van der Waals surface area contributed by atoms with Crippen LogP contribution in [0.25, 0.3) is 17.5 Å². The van der Waals surface area contributed by atoms with Crippen molar-refractivity contribution < 1.29 is 5.11 Å². The van der Waals surface area contributed by atoms with Gasteiger partial charge in [-0.1, -0.05) is 44.1 Å². The number of rotatable bonds is 8. The molecular formula is C20H26N2O. The SMILES string of the molecule is CC(O)CCCC(C)C/C=C/c1ccc(-c2ccccn2)nc1. The largest absolute Gasteiger partial charge is 0.393 e. The number of pyridine rings is 2. The lowest BCUT2D eigenvalue weighted by Gasteiger charge is -2.09. The molecule has 0 amide bonds. The standard InChI is InChI=1S/C20H26N2O/c1-16(7-5-9-17(2)23)8-6-10-18-12-13-20(22-15-18)19-11-3-4-14-21-19/h3-4,6,10-17,23H,5,7-9H2,1-2H3/b10-6+. The molecule has 2 rings (SSSR count). The number of nitrogens with zero attached hydrogens (tertiary/aromatic N) is 2. The predicted octanol–water partition coefficient (Wildman–Crippen LogP) is 4.73. The topological polar surface area (TPSA) is 46.0 Å². The second-order valence-electron chi connectivity index (χ2n) is 6.21. The lowest BCUT2D eigenvalue weighted by atomic mass is 9.99. The van der Waals surface area contributed by atoms with Crippen molar-refractivity contribution >= 4 is 6.08 Å². The average Bonchev–Trinajstić information content (AvgIpc) is 2.56. The smallest absolute Gasteiger partial charge is 0.0886 e. The van der Waals surface area contributed by atoms with Crippen LogP contribution in [0.3, 0.4) is 0 Å². The molecule has 0 saturated carbocycles. The van der Waals surface area contributed by atoms with Gasteiger partial charge in [0.1, 0.15) is 0 Å². The molecule has 0 aliphatic carbocycles. The first-order valence-electron chi connectivity index (χ1n) is 8.37. The molecule has 0 radical (unpaired) electrons. The van der Waals surface area contributed by atoms with Crippen molar-refractivity contribution in [2.75, 3.05) is 0 Å². The maximum Gasteiger partial charge on any atom is 0.0886 e. The summed E-state index contributed by atoms with van der Waals surface area (Å²) in [4.78, 5) is 8.78. The normalized spacial score (nSPS) is 14.0. The van der Waals surface area contributed by atoms with Crippen molar-refractivity contribution in [3.63, 3.8) is 0 Å². The molecule has 1 N–H and O–H groups in total. The predicted molar refractivity (Wildman–Crippen MR) is 95.8 cm³/mol. The Morgan fingerprint density at radius 1 is 1.04 bits per heavy atom. The molecule has 23 heavy (non-hydrogen) atoms. The molecule has 122 valence electrons. The van der Waals surface area contributed by atoms with Gasteiger partial charge >= 0.3 is 0 Å². The van der Waals surface area contributed by atoms with Crippen molar-refractivity contribution in [1.82, 2.24) is 9.97 Å². The Balaban J connectivity index is 1.81. The summed E-state index contributed by atoms with van der Waals surface area (Å²) >= 11 is 0. The van der Waals surface area contributed by atoms with Crippen LogP contribution in [0.1, 0.15) is 45.1 Å². The van der Waals surface area contributed by atoms with Crippen molar-refractivity contribution in [2.24, 2.45) is 5.92 Å². The third-order valence-electron chi connectivity index (χ3n) is 3.88. The van der Waals surface area contributed by atoms with Gasteiger partial charge in [0.05, 0.1) is 17.5 Å². The fourth-order valence-corrected chi connectivity index (χ4v) is 2.49. The monoisotopic (exact) mass is 310 g/mol. The summed E-state index contributed by atoms with van der Waals surface area (Å²) in [5, 5.41) is 9.27. The Morgan fingerprint density at radius 3 is 2.52 bits per heavy atom. The minimum atomic E-state index is -0.179. The van der Waals surface area contributed by atoms with Gasteiger partial charge < -0.3 is 5.11 Å². The molecule has 0 saturated heterocycles. The minimum absolute atomic E-state index is 0.179. The van der Waals surface area contributed by atoms with Crippen molar-refractivity contribution in [3.8, 4) is 11.4 Å². The lowest BCUT2D eigenvalue weighted by Crippen LogP contribution is -2.01. The highest BCUT2D eigenvalue weighted by Gasteiger charge is 2.02. The molecule has 0 bridgehead atoms. The van der Waals surface area contributed by atoms with Crippen LogP contribution in [-0.4, -0.2) is 21.2 Å². The first-order valence-corrected chi connectivity index (χ1v) is 8.37. The molecule has 3 heteroatoms. The molecule has 0 aliphatic rings. The second kappa shape index (κ2) is 9.21. The first-order chi connectivity index (χ1) is 11.1. The zero-order valence-corrected chi connectivity index (χ0v) is 14.0. The number of aliphatic hydroxyl groups is 1. The fourth-order valence-electron chi connectivity index (χ4n) is 2.49. The minimum Gasteiger partial charge on any atom is -0.393 e. The Morgan fingerprint density at radius 2 is 1.87 bits per heavy atom. The van der Waals surface area contributed by atoms with Crippen LogP contribution in [-0.2, 0) is 0 Å². The number of hydrogen-bond donors (Lipinski definition) is 1. The van der Waals surface area contributed by atoms with Gasteiger partial charge in [0, 0.05) is 12.4 Å². The highest BCUT2D eigenvalue weighted by atomic mass is 16.3. The highest BCUT2D eigenvalue weighted by Crippen LogP contribution is 2.16. The number of aliphatic hydroxyl groups excluding tert-OH is 1. The lowest BCUT2D eigenvalue weighted by molar-refractivity contribution is 0.178. The van der Waals surface area contributed by atoms with E-state index in [-0.39, 0.29) is 6.10 Å². The molecule has 3 nitrogen and oxygen atoms in total. The van der Waals surface area contributed by atoms with Crippen molar-refractivity contribution in [3.05, 3.63) is 54.4 Å². The Bertz CT molecular complexity index is 591. The van der Waals surface area contributed by atoms with E-state index < -0.39 is 0 Å². The molecule has 2 aromatic heterocycles. The Hall–Kier alpha value is -2.00. The maximum atomic E-state index is 9.27.